The van der Waals surface area contributed by atoms with Crippen molar-refractivity contribution in [3.63, 3.8) is 0 Å². The lowest BCUT2D eigenvalue weighted by Gasteiger charge is -2.49. The number of carbonyl (C=O) groups is 1. The number of amides is 1. The SMILES string of the molecule is COCCNC(=O)[C@@H]1Cc2cc([N+](=O)[O-])ccc2N2CCN(c3cc(Cl)ccc3OC)C[C@H]12. The zero-order valence-electron chi connectivity index (χ0n) is 18.6. The minimum atomic E-state index is -0.399. The van der Waals surface area contributed by atoms with Crippen molar-refractivity contribution in [2.75, 3.05) is 56.8 Å². The van der Waals surface area contributed by atoms with Crippen LogP contribution in [0.2, 0.25) is 5.02 Å². The van der Waals surface area contributed by atoms with Gasteiger partial charge in [-0.05, 0) is 36.2 Å². The number of piperazine rings is 1. The van der Waals surface area contributed by atoms with Crippen molar-refractivity contribution in [2.24, 2.45) is 5.92 Å². The summed E-state index contributed by atoms with van der Waals surface area (Å²) >= 11 is 6.26. The third-order valence-electron chi connectivity index (χ3n) is 6.33. The summed E-state index contributed by atoms with van der Waals surface area (Å²) in [7, 11) is 3.21. The number of nitrogens with one attached hydrogen (secondary N) is 1. The lowest BCUT2D eigenvalue weighted by molar-refractivity contribution is -0.384. The van der Waals surface area contributed by atoms with Crippen LogP contribution in [0.1, 0.15) is 5.56 Å². The molecule has 176 valence electrons. The van der Waals surface area contributed by atoms with Crippen molar-refractivity contribution in [3.05, 3.63) is 57.1 Å². The fraction of sp³-hybridized carbons (Fsp3) is 0.435. The average Bonchev–Trinajstić information content (AvgIpc) is 2.82. The van der Waals surface area contributed by atoms with Gasteiger partial charge in [0.25, 0.3) is 5.69 Å². The number of rotatable bonds is 7. The molecule has 2 heterocycles. The molecule has 0 radical (unpaired) electrons. The number of hydrogen-bond acceptors (Lipinski definition) is 7. The fourth-order valence-electron chi connectivity index (χ4n) is 4.76. The summed E-state index contributed by atoms with van der Waals surface area (Å²) in [5.74, 6) is 0.268. The van der Waals surface area contributed by atoms with Gasteiger partial charge in [0, 0.05) is 56.1 Å². The minimum Gasteiger partial charge on any atom is -0.495 e. The number of nitro benzene ring substituents is 1. The van der Waals surface area contributed by atoms with Crippen LogP contribution in [0.25, 0.3) is 0 Å². The molecule has 2 aliphatic heterocycles. The first-order valence-electron chi connectivity index (χ1n) is 10.8. The summed E-state index contributed by atoms with van der Waals surface area (Å²) in [6.45, 7) is 2.77. The summed E-state index contributed by atoms with van der Waals surface area (Å²) in [5, 5.41) is 14.9. The van der Waals surface area contributed by atoms with E-state index in [-0.39, 0.29) is 23.6 Å². The standard InChI is InChI=1S/C23H27ClN4O5/c1-32-10-7-25-23(29)18-12-15-11-17(28(30)31)4-5-19(15)27-9-8-26(14-21(18)27)20-13-16(24)3-6-22(20)33-2/h3-6,11,13,18,21H,7-10,12,14H2,1-2H3,(H,25,29)/t18-,21-/m1/s1. The topological polar surface area (TPSA) is 97.2 Å². The maximum Gasteiger partial charge on any atom is 0.269 e. The van der Waals surface area contributed by atoms with Gasteiger partial charge in [-0.2, -0.15) is 0 Å². The highest BCUT2D eigenvalue weighted by molar-refractivity contribution is 6.31. The van der Waals surface area contributed by atoms with Crippen molar-refractivity contribution < 1.29 is 19.2 Å². The normalized spacial score (nSPS) is 19.5. The zero-order valence-corrected chi connectivity index (χ0v) is 19.4. The summed E-state index contributed by atoms with van der Waals surface area (Å²) < 4.78 is 10.6. The average molecular weight is 475 g/mol. The van der Waals surface area contributed by atoms with E-state index >= 15 is 0 Å². The Hall–Kier alpha value is -3.04. The second kappa shape index (κ2) is 9.84. The second-order valence-electron chi connectivity index (χ2n) is 8.19. The molecule has 1 fully saturated rings. The number of benzene rings is 2. The molecular weight excluding hydrogens is 448 g/mol. The van der Waals surface area contributed by atoms with Crippen LogP contribution in [0, 0.1) is 16.0 Å². The number of anilines is 2. The van der Waals surface area contributed by atoms with Crippen molar-refractivity contribution >= 4 is 34.6 Å². The maximum absolute atomic E-state index is 13.2. The molecule has 2 atom stereocenters. The molecule has 1 amide bonds. The van der Waals surface area contributed by atoms with E-state index in [0.29, 0.717) is 44.2 Å². The molecule has 2 aliphatic rings. The van der Waals surface area contributed by atoms with E-state index < -0.39 is 4.92 Å². The molecule has 0 unspecified atom stereocenters. The third-order valence-corrected chi connectivity index (χ3v) is 6.57. The number of methoxy groups -OCH3 is 2. The highest BCUT2D eigenvalue weighted by Crippen LogP contribution is 2.40. The maximum atomic E-state index is 13.2. The molecule has 33 heavy (non-hydrogen) atoms. The van der Waals surface area contributed by atoms with Gasteiger partial charge in [-0.25, -0.2) is 0 Å². The molecule has 9 nitrogen and oxygen atoms in total. The Balaban J connectivity index is 1.67. The fourth-order valence-corrected chi connectivity index (χ4v) is 4.93. The number of ether oxygens (including phenoxy) is 2. The van der Waals surface area contributed by atoms with Crippen LogP contribution in [0.4, 0.5) is 17.1 Å². The lowest BCUT2D eigenvalue weighted by Crippen LogP contribution is -2.61. The van der Waals surface area contributed by atoms with Gasteiger partial charge in [-0.1, -0.05) is 11.6 Å². The van der Waals surface area contributed by atoms with E-state index in [0.717, 1.165) is 22.7 Å². The quantitative estimate of drug-likeness (QED) is 0.374. The molecule has 1 saturated heterocycles. The highest BCUT2D eigenvalue weighted by Gasteiger charge is 2.42. The van der Waals surface area contributed by atoms with E-state index in [1.165, 1.54) is 6.07 Å². The molecule has 0 aliphatic carbocycles. The van der Waals surface area contributed by atoms with E-state index in [1.54, 1.807) is 32.4 Å². The summed E-state index contributed by atoms with van der Waals surface area (Å²) in [5.41, 5.74) is 2.69. The number of carbonyl (C=O) groups excluding carboxylic acids is 1. The van der Waals surface area contributed by atoms with E-state index in [2.05, 4.69) is 15.1 Å². The van der Waals surface area contributed by atoms with Gasteiger partial charge in [0.15, 0.2) is 0 Å². The van der Waals surface area contributed by atoms with E-state index in [4.69, 9.17) is 21.1 Å². The van der Waals surface area contributed by atoms with Crippen molar-refractivity contribution in [3.8, 4) is 5.75 Å². The zero-order chi connectivity index (χ0) is 23.5. The first-order valence-corrected chi connectivity index (χ1v) is 11.2. The van der Waals surface area contributed by atoms with Crippen LogP contribution >= 0.6 is 11.6 Å². The monoisotopic (exact) mass is 474 g/mol. The van der Waals surface area contributed by atoms with Crippen LogP contribution in [0.3, 0.4) is 0 Å². The van der Waals surface area contributed by atoms with Crippen LogP contribution in [0.5, 0.6) is 5.75 Å². The van der Waals surface area contributed by atoms with Crippen molar-refractivity contribution in [1.82, 2.24) is 5.32 Å². The predicted molar refractivity (Wildman–Crippen MR) is 127 cm³/mol. The number of nitrogens with zero attached hydrogens (tertiary/aromatic N) is 3. The third kappa shape index (κ3) is 4.69. The Labute approximate surface area is 197 Å². The molecule has 10 heteroatoms. The smallest absolute Gasteiger partial charge is 0.269 e. The van der Waals surface area contributed by atoms with Crippen molar-refractivity contribution in [2.45, 2.75) is 12.5 Å². The Morgan fingerprint density at radius 1 is 1.21 bits per heavy atom. The Kier molecular flexibility index (Phi) is 6.90. The van der Waals surface area contributed by atoms with Crippen LogP contribution in [-0.2, 0) is 16.0 Å². The van der Waals surface area contributed by atoms with Crippen LogP contribution < -0.4 is 19.9 Å². The molecule has 2 aromatic carbocycles. The van der Waals surface area contributed by atoms with Gasteiger partial charge in [-0.3, -0.25) is 14.9 Å². The van der Waals surface area contributed by atoms with E-state index in [9.17, 15) is 14.9 Å². The van der Waals surface area contributed by atoms with Gasteiger partial charge >= 0.3 is 0 Å². The molecule has 0 spiro atoms. The summed E-state index contributed by atoms with van der Waals surface area (Å²) in [4.78, 5) is 28.5. The molecule has 0 bridgehead atoms. The molecular formula is C23H27ClN4O5. The van der Waals surface area contributed by atoms with Gasteiger partial charge in [-0.15, -0.1) is 0 Å². The number of nitro groups is 1. The van der Waals surface area contributed by atoms with Gasteiger partial charge < -0.3 is 24.6 Å². The lowest BCUT2D eigenvalue weighted by atomic mass is 9.83. The number of hydrogen-bond donors (Lipinski definition) is 1. The summed E-state index contributed by atoms with van der Waals surface area (Å²) in [6, 6.07) is 10.3. The summed E-state index contributed by atoms with van der Waals surface area (Å²) in [6.07, 6.45) is 0.428. The molecule has 1 N–H and O–H groups in total. The Morgan fingerprint density at radius 2 is 2.03 bits per heavy atom. The highest BCUT2D eigenvalue weighted by atomic mass is 35.5. The first kappa shape index (κ1) is 23.1. The second-order valence-corrected chi connectivity index (χ2v) is 8.62. The molecule has 4 rings (SSSR count). The van der Waals surface area contributed by atoms with Crippen LogP contribution in [-0.4, -0.2) is 63.9 Å². The Morgan fingerprint density at radius 3 is 2.76 bits per heavy atom. The predicted octanol–water partition coefficient (Wildman–Crippen LogP) is 2.89. The molecule has 2 aromatic rings. The van der Waals surface area contributed by atoms with Gasteiger partial charge in [0.2, 0.25) is 5.91 Å². The van der Waals surface area contributed by atoms with Gasteiger partial charge in [0.1, 0.15) is 5.75 Å². The van der Waals surface area contributed by atoms with Gasteiger partial charge in [0.05, 0.1) is 36.3 Å². The minimum absolute atomic E-state index is 0.0352. The molecule has 0 aromatic heterocycles. The molecule has 0 saturated carbocycles. The Bertz CT molecular complexity index is 1050. The first-order chi connectivity index (χ1) is 15.9. The largest absolute Gasteiger partial charge is 0.495 e. The van der Waals surface area contributed by atoms with E-state index in [1.807, 2.05) is 12.1 Å². The number of fused-ring (bicyclic) bond motifs is 3. The van der Waals surface area contributed by atoms with Crippen LogP contribution in [0.15, 0.2) is 36.4 Å². The number of non-ortho nitro benzene ring substituents is 1. The number of halogens is 1. The van der Waals surface area contributed by atoms with Crippen molar-refractivity contribution in [1.29, 1.82) is 0 Å².